The molecule has 0 aromatic heterocycles. The van der Waals surface area contributed by atoms with Crippen molar-refractivity contribution in [2.24, 2.45) is 17.6 Å². The summed E-state index contributed by atoms with van der Waals surface area (Å²) in [7, 11) is 1.46. The summed E-state index contributed by atoms with van der Waals surface area (Å²) in [5.41, 5.74) is 7.11. The number of benzene rings is 2. The van der Waals surface area contributed by atoms with Crippen molar-refractivity contribution in [3.63, 3.8) is 0 Å². The molecule has 0 heterocycles. The predicted octanol–water partition coefficient (Wildman–Crippen LogP) is 4.23. The first-order valence-electron chi connectivity index (χ1n) is 11.0. The van der Waals surface area contributed by atoms with Gasteiger partial charge < -0.3 is 20.9 Å². The van der Waals surface area contributed by atoms with E-state index < -0.39 is 54.3 Å². The molecule has 192 valence electrons. The minimum Gasteiger partial charge on any atom is -0.497 e. The molecule has 6 nitrogen and oxygen atoms in total. The molecular weight excluding hydrogens is 485 g/mol. The van der Waals surface area contributed by atoms with E-state index in [1.807, 2.05) is 0 Å². The monoisotopic (exact) mass is 514 g/mol. The van der Waals surface area contributed by atoms with E-state index in [9.17, 15) is 27.9 Å². The van der Waals surface area contributed by atoms with Gasteiger partial charge in [-0.3, -0.25) is 9.59 Å². The van der Waals surface area contributed by atoms with Crippen molar-refractivity contribution in [1.29, 1.82) is 0 Å². The number of halogens is 4. The van der Waals surface area contributed by atoms with Gasteiger partial charge in [0, 0.05) is 17.4 Å². The standard InChI is InChI=1S/C25H30ClF3N2O4/c1-14(2)19(23(33)25(27,28)29)13-21(32)22(16-7-9-18(35-3)10-8-16)31-24(34)20(30)12-15-5-4-6-17(26)11-15/h4-11,14,19-20,22-23,33H,12-13,30H2,1-3H3,(H,31,34)/t19-,20-,22-,23-/m0/s1. The van der Waals surface area contributed by atoms with Crippen LogP contribution in [-0.4, -0.2) is 42.2 Å². The maximum atomic E-state index is 13.2. The lowest BCUT2D eigenvalue weighted by molar-refractivity contribution is -0.224. The number of hydrogen-bond acceptors (Lipinski definition) is 5. The zero-order chi connectivity index (χ0) is 26.3. The number of Topliss-reactive ketones (excluding diaryl/α,β-unsaturated/α-hetero) is 1. The highest BCUT2D eigenvalue weighted by Crippen LogP contribution is 2.33. The van der Waals surface area contributed by atoms with Crippen molar-refractivity contribution in [3.05, 3.63) is 64.7 Å². The van der Waals surface area contributed by atoms with Gasteiger partial charge in [0.15, 0.2) is 11.9 Å². The molecule has 4 atom stereocenters. The van der Waals surface area contributed by atoms with Crippen molar-refractivity contribution < 1.29 is 32.6 Å². The number of amides is 1. The molecule has 10 heteroatoms. The molecule has 2 aromatic rings. The second-order valence-corrected chi connectivity index (χ2v) is 9.16. The topological polar surface area (TPSA) is 102 Å². The van der Waals surface area contributed by atoms with Gasteiger partial charge in [0.25, 0.3) is 0 Å². The van der Waals surface area contributed by atoms with Crippen LogP contribution in [0.15, 0.2) is 48.5 Å². The molecule has 35 heavy (non-hydrogen) atoms. The van der Waals surface area contributed by atoms with Crippen molar-refractivity contribution in [3.8, 4) is 5.75 Å². The summed E-state index contributed by atoms with van der Waals surface area (Å²) in [6, 6.07) is 10.7. The average molecular weight is 515 g/mol. The molecule has 2 rings (SSSR count). The SMILES string of the molecule is COc1ccc([C@H](NC(=O)[C@@H](N)Cc2cccc(Cl)c2)C(=O)C[C@@H](C(C)C)[C@H](O)C(F)(F)F)cc1. The number of ether oxygens (including phenoxy) is 1. The largest absolute Gasteiger partial charge is 0.497 e. The van der Waals surface area contributed by atoms with Gasteiger partial charge in [-0.05, 0) is 47.7 Å². The lowest BCUT2D eigenvalue weighted by Gasteiger charge is -2.29. The summed E-state index contributed by atoms with van der Waals surface area (Å²) in [4.78, 5) is 26.1. The number of hydrogen-bond donors (Lipinski definition) is 3. The van der Waals surface area contributed by atoms with Crippen LogP contribution in [0.4, 0.5) is 13.2 Å². The van der Waals surface area contributed by atoms with Crippen LogP contribution >= 0.6 is 11.6 Å². The summed E-state index contributed by atoms with van der Waals surface area (Å²) in [5.74, 6) is -2.87. The molecule has 4 N–H and O–H groups in total. The number of aliphatic hydroxyl groups excluding tert-OH is 1. The zero-order valence-electron chi connectivity index (χ0n) is 19.7. The number of carbonyl (C=O) groups excluding carboxylic acids is 2. The Morgan fingerprint density at radius 2 is 1.77 bits per heavy atom. The van der Waals surface area contributed by atoms with Gasteiger partial charge in [-0.25, -0.2) is 0 Å². The number of alkyl halides is 3. The number of ketones is 1. The van der Waals surface area contributed by atoms with Crippen molar-refractivity contribution in [2.75, 3.05) is 7.11 Å². The first-order chi connectivity index (χ1) is 16.3. The third-order valence-electron chi connectivity index (χ3n) is 5.77. The minimum atomic E-state index is -4.88. The molecule has 0 aliphatic carbocycles. The van der Waals surface area contributed by atoms with Crippen LogP contribution in [0.3, 0.4) is 0 Å². The van der Waals surface area contributed by atoms with Crippen LogP contribution in [0.5, 0.6) is 5.75 Å². The number of methoxy groups -OCH3 is 1. The molecule has 0 aliphatic heterocycles. The average Bonchev–Trinajstić information content (AvgIpc) is 2.79. The van der Waals surface area contributed by atoms with Crippen LogP contribution in [-0.2, 0) is 16.0 Å². The third-order valence-corrected chi connectivity index (χ3v) is 6.01. The Kier molecular flexibility index (Phi) is 10.1. The number of aliphatic hydroxyl groups is 1. The van der Waals surface area contributed by atoms with E-state index >= 15 is 0 Å². The number of rotatable bonds is 11. The molecule has 0 aliphatic rings. The van der Waals surface area contributed by atoms with Gasteiger partial charge in [0.05, 0.1) is 13.2 Å². The minimum absolute atomic E-state index is 0.136. The Bertz CT molecular complexity index is 999. The third kappa shape index (κ3) is 8.23. The van der Waals surface area contributed by atoms with Gasteiger partial charge in [-0.2, -0.15) is 13.2 Å². The summed E-state index contributed by atoms with van der Waals surface area (Å²) < 4.78 is 44.7. The maximum absolute atomic E-state index is 13.2. The second kappa shape index (κ2) is 12.4. The van der Waals surface area contributed by atoms with Crippen molar-refractivity contribution in [1.82, 2.24) is 5.32 Å². The van der Waals surface area contributed by atoms with E-state index in [1.54, 1.807) is 36.4 Å². The van der Waals surface area contributed by atoms with E-state index in [0.717, 1.165) is 0 Å². The van der Waals surface area contributed by atoms with E-state index in [2.05, 4.69) is 5.32 Å². The fourth-order valence-corrected chi connectivity index (χ4v) is 3.92. The quantitative estimate of drug-likeness (QED) is 0.416. The van der Waals surface area contributed by atoms with Gasteiger partial charge in [-0.1, -0.05) is 49.7 Å². The Labute approximate surface area is 207 Å². The van der Waals surface area contributed by atoms with Gasteiger partial charge in [0.2, 0.25) is 5.91 Å². The molecule has 0 saturated heterocycles. The van der Waals surface area contributed by atoms with Crippen LogP contribution in [0.25, 0.3) is 0 Å². The molecule has 1 amide bonds. The lowest BCUT2D eigenvalue weighted by Crippen LogP contribution is -2.46. The van der Waals surface area contributed by atoms with Crippen LogP contribution in [0.2, 0.25) is 5.02 Å². The fraction of sp³-hybridized carbons (Fsp3) is 0.440. The molecule has 2 aromatic carbocycles. The highest BCUT2D eigenvalue weighted by molar-refractivity contribution is 6.30. The van der Waals surface area contributed by atoms with Gasteiger partial charge in [-0.15, -0.1) is 0 Å². The molecule has 0 spiro atoms. The van der Waals surface area contributed by atoms with Crippen LogP contribution in [0, 0.1) is 11.8 Å². The van der Waals surface area contributed by atoms with E-state index in [4.69, 9.17) is 22.1 Å². The molecule has 0 bridgehead atoms. The fourth-order valence-electron chi connectivity index (χ4n) is 3.71. The summed E-state index contributed by atoms with van der Waals surface area (Å²) in [5, 5.41) is 12.9. The molecule has 0 radical (unpaired) electrons. The van der Waals surface area contributed by atoms with Crippen molar-refractivity contribution >= 4 is 23.3 Å². The number of nitrogens with one attached hydrogen (secondary N) is 1. The normalized spacial score (nSPS) is 15.3. The van der Waals surface area contributed by atoms with Crippen molar-refractivity contribution in [2.45, 2.75) is 51.1 Å². The molecule has 0 fully saturated rings. The maximum Gasteiger partial charge on any atom is 0.414 e. The number of nitrogens with two attached hydrogens (primary N) is 1. The molecular formula is C25H30ClF3N2O4. The Morgan fingerprint density at radius 1 is 1.14 bits per heavy atom. The van der Waals surface area contributed by atoms with E-state index in [0.29, 0.717) is 21.9 Å². The van der Waals surface area contributed by atoms with Crippen LogP contribution in [0.1, 0.15) is 37.4 Å². The second-order valence-electron chi connectivity index (χ2n) is 8.72. The predicted molar refractivity (Wildman–Crippen MR) is 127 cm³/mol. The highest BCUT2D eigenvalue weighted by atomic mass is 35.5. The van der Waals surface area contributed by atoms with E-state index in [1.165, 1.54) is 33.1 Å². The highest BCUT2D eigenvalue weighted by Gasteiger charge is 2.45. The van der Waals surface area contributed by atoms with Gasteiger partial charge in [0.1, 0.15) is 11.8 Å². The smallest absolute Gasteiger partial charge is 0.414 e. The van der Waals surface area contributed by atoms with E-state index in [-0.39, 0.29) is 6.42 Å². The molecule has 0 unspecified atom stereocenters. The Hall–Kier alpha value is -2.62. The van der Waals surface area contributed by atoms with Crippen LogP contribution < -0.4 is 15.8 Å². The Morgan fingerprint density at radius 3 is 2.29 bits per heavy atom. The summed E-state index contributed by atoms with van der Waals surface area (Å²) in [6.07, 6.45) is -8.02. The lowest BCUT2D eigenvalue weighted by atomic mass is 9.83. The first-order valence-corrected chi connectivity index (χ1v) is 11.4. The summed E-state index contributed by atoms with van der Waals surface area (Å²) >= 11 is 5.97. The number of carbonyl (C=O) groups is 2. The Balaban J connectivity index is 2.28. The molecule has 0 saturated carbocycles. The summed E-state index contributed by atoms with van der Waals surface area (Å²) in [6.45, 7) is 2.99. The first kappa shape index (κ1) is 28.6. The van der Waals surface area contributed by atoms with Gasteiger partial charge >= 0.3 is 6.18 Å². The zero-order valence-corrected chi connectivity index (χ0v) is 20.4.